The normalized spacial score (nSPS) is 17.5. The molecule has 1 amide bonds. The molecule has 0 radical (unpaired) electrons. The van der Waals surface area contributed by atoms with Crippen molar-refractivity contribution in [2.75, 3.05) is 18.0 Å². The number of carbonyl (C=O) groups excluding carboxylic acids is 2. The summed E-state index contributed by atoms with van der Waals surface area (Å²) >= 11 is 0. The van der Waals surface area contributed by atoms with Gasteiger partial charge in [-0.2, -0.15) is 0 Å². The second-order valence-corrected chi connectivity index (χ2v) is 7.41. The van der Waals surface area contributed by atoms with Gasteiger partial charge < -0.3 is 19.7 Å². The second kappa shape index (κ2) is 7.72. The number of anilines is 1. The molecule has 25 heavy (non-hydrogen) atoms. The average molecular weight is 349 g/mol. The number of carbonyl (C=O) groups is 2. The molecule has 1 aromatic heterocycles. The van der Waals surface area contributed by atoms with E-state index in [2.05, 4.69) is 10.3 Å². The highest BCUT2D eigenvalue weighted by atomic mass is 16.6. The quantitative estimate of drug-likeness (QED) is 0.842. The first-order chi connectivity index (χ1) is 11.7. The van der Waals surface area contributed by atoms with Crippen molar-refractivity contribution in [1.29, 1.82) is 0 Å². The molecule has 138 valence electrons. The SMILES string of the molecule is CC(C)OC(=O)c1cccnc1N1CC[C@H](NC(=O)OC(C)(C)C)C1. The van der Waals surface area contributed by atoms with Crippen LogP contribution in [0.1, 0.15) is 51.4 Å². The molecular weight excluding hydrogens is 322 g/mol. The lowest BCUT2D eigenvalue weighted by atomic mass is 10.2. The Balaban J connectivity index is 2.02. The van der Waals surface area contributed by atoms with Crippen molar-refractivity contribution in [1.82, 2.24) is 10.3 Å². The second-order valence-electron chi connectivity index (χ2n) is 7.41. The van der Waals surface area contributed by atoms with Crippen molar-refractivity contribution >= 4 is 17.9 Å². The Morgan fingerprint density at radius 1 is 1.36 bits per heavy atom. The lowest BCUT2D eigenvalue weighted by molar-refractivity contribution is 0.0377. The van der Waals surface area contributed by atoms with Crippen molar-refractivity contribution in [3.8, 4) is 0 Å². The van der Waals surface area contributed by atoms with Crippen LogP contribution in [0.3, 0.4) is 0 Å². The monoisotopic (exact) mass is 349 g/mol. The van der Waals surface area contributed by atoms with Crippen LogP contribution in [0, 0.1) is 0 Å². The summed E-state index contributed by atoms with van der Waals surface area (Å²) in [5.41, 5.74) is -0.0916. The number of rotatable bonds is 4. The molecule has 1 aromatic rings. The maximum absolute atomic E-state index is 12.3. The van der Waals surface area contributed by atoms with Crippen molar-refractivity contribution in [3.05, 3.63) is 23.9 Å². The van der Waals surface area contributed by atoms with E-state index in [0.717, 1.165) is 6.42 Å². The standard InChI is InChI=1S/C18H27N3O4/c1-12(2)24-16(22)14-7-6-9-19-15(14)21-10-8-13(11-21)20-17(23)25-18(3,4)5/h6-7,9,12-13H,8,10-11H2,1-5H3,(H,20,23)/t13-/m0/s1. The number of amides is 1. The lowest BCUT2D eigenvalue weighted by Crippen LogP contribution is -2.40. The van der Waals surface area contributed by atoms with E-state index in [-0.39, 0.29) is 18.1 Å². The fourth-order valence-corrected chi connectivity index (χ4v) is 2.63. The van der Waals surface area contributed by atoms with Gasteiger partial charge in [0.2, 0.25) is 0 Å². The van der Waals surface area contributed by atoms with Crippen LogP contribution in [0.25, 0.3) is 0 Å². The molecule has 7 nitrogen and oxygen atoms in total. The Hall–Kier alpha value is -2.31. The van der Waals surface area contributed by atoms with E-state index in [1.165, 1.54) is 0 Å². The van der Waals surface area contributed by atoms with Gasteiger partial charge in [-0.25, -0.2) is 14.6 Å². The third kappa shape index (κ3) is 5.62. The molecule has 1 atom stereocenters. The number of pyridine rings is 1. The third-order valence-corrected chi connectivity index (χ3v) is 3.56. The van der Waals surface area contributed by atoms with Crippen LogP contribution in [0.4, 0.5) is 10.6 Å². The van der Waals surface area contributed by atoms with E-state index in [9.17, 15) is 9.59 Å². The highest BCUT2D eigenvalue weighted by Gasteiger charge is 2.29. The number of aromatic nitrogens is 1. The van der Waals surface area contributed by atoms with E-state index in [1.54, 1.807) is 18.3 Å². The fraction of sp³-hybridized carbons (Fsp3) is 0.611. The zero-order chi connectivity index (χ0) is 18.6. The minimum atomic E-state index is -0.531. The summed E-state index contributed by atoms with van der Waals surface area (Å²) in [5, 5.41) is 2.87. The minimum Gasteiger partial charge on any atom is -0.459 e. The Kier molecular flexibility index (Phi) is 5.87. The summed E-state index contributed by atoms with van der Waals surface area (Å²) < 4.78 is 10.6. The maximum atomic E-state index is 12.3. The highest BCUT2D eigenvalue weighted by molar-refractivity contribution is 5.95. The molecule has 1 N–H and O–H groups in total. The molecule has 1 fully saturated rings. The summed E-state index contributed by atoms with van der Waals surface area (Å²) in [6.07, 6.45) is 1.78. The topological polar surface area (TPSA) is 80.8 Å². The number of nitrogens with one attached hydrogen (secondary N) is 1. The summed E-state index contributed by atoms with van der Waals surface area (Å²) in [6, 6.07) is 3.38. The number of nitrogens with zero attached hydrogens (tertiary/aromatic N) is 2. The van der Waals surface area contributed by atoms with Gasteiger partial charge in [0, 0.05) is 19.3 Å². The number of ether oxygens (including phenoxy) is 2. The van der Waals surface area contributed by atoms with Crippen molar-refractivity contribution < 1.29 is 19.1 Å². The summed E-state index contributed by atoms with van der Waals surface area (Å²) in [7, 11) is 0. The van der Waals surface area contributed by atoms with Gasteiger partial charge in [0.05, 0.1) is 12.1 Å². The zero-order valence-electron chi connectivity index (χ0n) is 15.5. The minimum absolute atomic E-state index is 0.0502. The van der Waals surface area contributed by atoms with Gasteiger partial charge in [-0.1, -0.05) is 0 Å². The van der Waals surface area contributed by atoms with Crippen molar-refractivity contribution in [2.24, 2.45) is 0 Å². The van der Waals surface area contributed by atoms with Crippen LogP contribution in [0.15, 0.2) is 18.3 Å². The smallest absolute Gasteiger partial charge is 0.407 e. The van der Waals surface area contributed by atoms with Crippen LogP contribution in [-0.2, 0) is 9.47 Å². The predicted octanol–water partition coefficient (Wildman–Crippen LogP) is 2.75. The van der Waals surface area contributed by atoms with E-state index >= 15 is 0 Å². The van der Waals surface area contributed by atoms with Gasteiger partial charge in [0.25, 0.3) is 0 Å². The van der Waals surface area contributed by atoms with Gasteiger partial charge in [0.1, 0.15) is 17.0 Å². The Morgan fingerprint density at radius 2 is 2.08 bits per heavy atom. The molecule has 0 bridgehead atoms. The van der Waals surface area contributed by atoms with E-state index in [4.69, 9.17) is 9.47 Å². The molecule has 0 aliphatic carbocycles. The average Bonchev–Trinajstić information content (AvgIpc) is 2.92. The first-order valence-corrected chi connectivity index (χ1v) is 8.56. The van der Waals surface area contributed by atoms with Crippen molar-refractivity contribution in [3.63, 3.8) is 0 Å². The number of hydrogen-bond donors (Lipinski definition) is 1. The summed E-state index contributed by atoms with van der Waals surface area (Å²) in [5.74, 6) is 0.197. The molecule has 0 aromatic carbocycles. The molecule has 0 unspecified atom stereocenters. The van der Waals surface area contributed by atoms with E-state index < -0.39 is 11.7 Å². The lowest BCUT2D eigenvalue weighted by Gasteiger charge is -2.23. The summed E-state index contributed by atoms with van der Waals surface area (Å²) in [6.45, 7) is 10.4. The summed E-state index contributed by atoms with van der Waals surface area (Å²) in [4.78, 5) is 30.5. The van der Waals surface area contributed by atoms with Crippen LogP contribution in [-0.4, -0.2) is 47.9 Å². The van der Waals surface area contributed by atoms with Gasteiger partial charge in [-0.15, -0.1) is 0 Å². The molecule has 2 rings (SSSR count). The van der Waals surface area contributed by atoms with Gasteiger partial charge >= 0.3 is 12.1 Å². The van der Waals surface area contributed by atoms with Crippen molar-refractivity contribution in [2.45, 2.75) is 58.8 Å². The largest absolute Gasteiger partial charge is 0.459 e. The molecule has 1 aliphatic rings. The Labute approximate surface area is 148 Å². The molecule has 1 saturated heterocycles. The first-order valence-electron chi connectivity index (χ1n) is 8.56. The van der Waals surface area contributed by atoms with Crippen LogP contribution >= 0.6 is 0 Å². The molecule has 2 heterocycles. The number of alkyl carbamates (subject to hydrolysis) is 1. The molecule has 0 spiro atoms. The number of hydrogen-bond acceptors (Lipinski definition) is 6. The van der Waals surface area contributed by atoms with E-state index in [1.807, 2.05) is 39.5 Å². The van der Waals surface area contributed by atoms with Gasteiger partial charge in [-0.3, -0.25) is 0 Å². The third-order valence-electron chi connectivity index (χ3n) is 3.56. The first kappa shape index (κ1) is 19.0. The number of esters is 1. The van der Waals surface area contributed by atoms with E-state index in [0.29, 0.717) is 24.5 Å². The molecule has 0 saturated carbocycles. The zero-order valence-corrected chi connectivity index (χ0v) is 15.5. The van der Waals surface area contributed by atoms with Gasteiger partial charge in [-0.05, 0) is 53.2 Å². The maximum Gasteiger partial charge on any atom is 0.407 e. The molecule has 7 heteroatoms. The Bertz CT molecular complexity index is 625. The Morgan fingerprint density at radius 3 is 2.72 bits per heavy atom. The molecular formula is C18H27N3O4. The highest BCUT2D eigenvalue weighted by Crippen LogP contribution is 2.23. The van der Waals surface area contributed by atoms with Crippen LogP contribution in [0.5, 0.6) is 0 Å². The predicted molar refractivity (Wildman–Crippen MR) is 94.8 cm³/mol. The van der Waals surface area contributed by atoms with Crippen LogP contribution < -0.4 is 10.2 Å². The molecule has 1 aliphatic heterocycles. The van der Waals surface area contributed by atoms with Gasteiger partial charge in [0.15, 0.2) is 0 Å². The fourth-order valence-electron chi connectivity index (χ4n) is 2.63. The van der Waals surface area contributed by atoms with Crippen LogP contribution in [0.2, 0.25) is 0 Å².